The first-order valence-corrected chi connectivity index (χ1v) is 11.7. The maximum absolute atomic E-state index is 13.7. The van der Waals surface area contributed by atoms with Gasteiger partial charge in [0.25, 0.3) is 5.91 Å². The van der Waals surface area contributed by atoms with E-state index in [4.69, 9.17) is 25.5 Å². The van der Waals surface area contributed by atoms with Crippen molar-refractivity contribution >= 4 is 28.5 Å². The van der Waals surface area contributed by atoms with Crippen molar-refractivity contribution in [2.45, 2.75) is 19.6 Å². The number of methoxy groups -OCH3 is 1. The fourth-order valence-electron chi connectivity index (χ4n) is 4.42. The molecule has 1 amide bonds. The summed E-state index contributed by atoms with van der Waals surface area (Å²) in [6.07, 6.45) is 0. The minimum Gasteiger partial charge on any atom is -0.489 e. The highest BCUT2D eigenvalue weighted by Gasteiger charge is 2.42. The Morgan fingerprint density at radius 1 is 1.03 bits per heavy atom. The molecule has 0 fully saturated rings. The van der Waals surface area contributed by atoms with Crippen molar-refractivity contribution < 1.29 is 18.7 Å². The van der Waals surface area contributed by atoms with Crippen molar-refractivity contribution in [3.63, 3.8) is 0 Å². The van der Waals surface area contributed by atoms with Gasteiger partial charge in [0.2, 0.25) is 5.76 Å². The Morgan fingerprint density at radius 2 is 1.83 bits per heavy atom. The quantitative estimate of drug-likeness (QED) is 0.341. The summed E-state index contributed by atoms with van der Waals surface area (Å²) >= 11 is 6.30. The molecule has 4 aromatic rings. The van der Waals surface area contributed by atoms with E-state index in [-0.39, 0.29) is 17.1 Å². The van der Waals surface area contributed by atoms with E-state index in [0.29, 0.717) is 47.1 Å². The predicted octanol–water partition coefficient (Wildman–Crippen LogP) is 5.53. The molecule has 0 spiro atoms. The molecule has 0 bridgehead atoms. The summed E-state index contributed by atoms with van der Waals surface area (Å²) in [5, 5.41) is 0.820. The van der Waals surface area contributed by atoms with Gasteiger partial charge in [-0.2, -0.15) is 0 Å². The molecule has 2 heterocycles. The number of aryl methyl sites for hydroxylation is 1. The minimum absolute atomic E-state index is 0.0564. The molecule has 1 aliphatic heterocycles. The molecule has 0 radical (unpaired) electrons. The Labute approximate surface area is 207 Å². The third-order valence-electron chi connectivity index (χ3n) is 6.21. The maximum Gasteiger partial charge on any atom is 0.290 e. The van der Waals surface area contributed by atoms with Crippen LogP contribution < -0.4 is 10.2 Å². The monoisotopic (exact) mass is 489 g/mol. The number of fused-ring (bicyclic) bond motifs is 2. The molecule has 1 unspecified atom stereocenters. The van der Waals surface area contributed by atoms with E-state index in [1.807, 2.05) is 61.5 Å². The molecule has 7 heteroatoms. The summed E-state index contributed by atoms with van der Waals surface area (Å²) in [5.41, 5.74) is 2.94. The molecule has 0 aliphatic carbocycles. The number of rotatable bonds is 7. The summed E-state index contributed by atoms with van der Waals surface area (Å²) in [6, 6.07) is 20.0. The van der Waals surface area contributed by atoms with Gasteiger partial charge in [0.1, 0.15) is 17.9 Å². The number of carbonyl (C=O) groups excluding carboxylic acids is 1. The number of benzene rings is 3. The normalized spacial score (nSPS) is 15.0. The number of hydrogen-bond acceptors (Lipinski definition) is 5. The summed E-state index contributed by atoms with van der Waals surface area (Å²) in [5.74, 6) is 0.355. The van der Waals surface area contributed by atoms with Crippen LogP contribution in [0.5, 0.6) is 5.75 Å². The second-order valence-electron chi connectivity index (χ2n) is 8.51. The van der Waals surface area contributed by atoms with Gasteiger partial charge in [-0.1, -0.05) is 54.1 Å². The van der Waals surface area contributed by atoms with Gasteiger partial charge in [0.05, 0.1) is 23.6 Å². The Hall–Kier alpha value is -3.61. The van der Waals surface area contributed by atoms with Crippen molar-refractivity contribution in [2.75, 3.05) is 20.3 Å². The maximum atomic E-state index is 13.7. The first-order chi connectivity index (χ1) is 17.0. The van der Waals surface area contributed by atoms with Crippen molar-refractivity contribution in [1.29, 1.82) is 0 Å². The van der Waals surface area contributed by atoms with Crippen molar-refractivity contribution in [3.05, 3.63) is 110 Å². The van der Waals surface area contributed by atoms with Crippen molar-refractivity contribution in [1.82, 2.24) is 4.90 Å². The SMILES string of the molecule is COCCN1C(=O)c2oc3cc(C)c(Cl)cc3c(=O)c2C1c1cccc(OCc2ccccc2)c1. The molecular weight excluding hydrogens is 466 g/mol. The lowest BCUT2D eigenvalue weighted by Crippen LogP contribution is -2.32. The molecule has 1 atom stereocenters. The van der Waals surface area contributed by atoms with Crippen LogP contribution in [0.1, 0.15) is 38.9 Å². The first-order valence-electron chi connectivity index (χ1n) is 11.3. The molecule has 0 N–H and O–H groups in total. The lowest BCUT2D eigenvalue weighted by atomic mass is 9.98. The number of hydrogen-bond donors (Lipinski definition) is 0. The topological polar surface area (TPSA) is 69.0 Å². The summed E-state index contributed by atoms with van der Waals surface area (Å²) in [6.45, 7) is 2.85. The number of amides is 1. The molecule has 0 saturated carbocycles. The fourth-order valence-corrected chi connectivity index (χ4v) is 4.59. The second-order valence-corrected chi connectivity index (χ2v) is 8.92. The summed E-state index contributed by atoms with van der Waals surface area (Å²) in [7, 11) is 1.57. The van der Waals surface area contributed by atoms with Gasteiger partial charge in [-0.25, -0.2) is 0 Å². The van der Waals surface area contributed by atoms with Crippen LogP contribution in [0.3, 0.4) is 0 Å². The van der Waals surface area contributed by atoms with Crippen LogP contribution >= 0.6 is 11.6 Å². The van der Waals surface area contributed by atoms with E-state index in [1.54, 1.807) is 24.1 Å². The van der Waals surface area contributed by atoms with E-state index in [1.165, 1.54) is 0 Å². The molecule has 5 rings (SSSR count). The third-order valence-corrected chi connectivity index (χ3v) is 6.61. The molecule has 6 nitrogen and oxygen atoms in total. The number of nitrogens with zero attached hydrogens (tertiary/aromatic N) is 1. The predicted molar refractivity (Wildman–Crippen MR) is 134 cm³/mol. The molecule has 3 aromatic carbocycles. The van der Waals surface area contributed by atoms with Gasteiger partial charge in [-0.05, 0) is 47.9 Å². The number of halogens is 1. The zero-order chi connectivity index (χ0) is 24.5. The molecule has 1 aliphatic rings. The van der Waals surface area contributed by atoms with Crippen LogP contribution in [0, 0.1) is 6.92 Å². The summed E-state index contributed by atoms with van der Waals surface area (Å²) in [4.78, 5) is 28.7. The highest BCUT2D eigenvalue weighted by atomic mass is 35.5. The Kier molecular flexibility index (Phi) is 6.32. The number of carbonyl (C=O) groups is 1. The minimum atomic E-state index is -0.631. The van der Waals surface area contributed by atoms with Crippen LogP contribution in [-0.2, 0) is 11.3 Å². The van der Waals surface area contributed by atoms with Gasteiger partial charge >= 0.3 is 0 Å². The molecular formula is C28H24ClNO5. The molecule has 0 saturated heterocycles. The number of ether oxygens (including phenoxy) is 2. The lowest BCUT2D eigenvalue weighted by molar-refractivity contribution is 0.0663. The Balaban J connectivity index is 1.59. The van der Waals surface area contributed by atoms with Crippen molar-refractivity contribution in [2.24, 2.45) is 0 Å². The largest absolute Gasteiger partial charge is 0.489 e. The molecule has 1 aromatic heterocycles. The zero-order valence-electron chi connectivity index (χ0n) is 19.4. The van der Waals surface area contributed by atoms with E-state index in [0.717, 1.165) is 16.7 Å². The highest BCUT2D eigenvalue weighted by Crippen LogP contribution is 2.39. The van der Waals surface area contributed by atoms with E-state index in [2.05, 4.69) is 0 Å². The van der Waals surface area contributed by atoms with Gasteiger partial charge in [0.15, 0.2) is 5.43 Å². The van der Waals surface area contributed by atoms with Crippen LogP contribution in [-0.4, -0.2) is 31.1 Å². The van der Waals surface area contributed by atoms with Crippen molar-refractivity contribution in [3.8, 4) is 5.75 Å². The van der Waals surface area contributed by atoms with Gasteiger partial charge in [-0.15, -0.1) is 0 Å². The smallest absolute Gasteiger partial charge is 0.290 e. The van der Waals surface area contributed by atoms with E-state index >= 15 is 0 Å². The average Bonchev–Trinajstić information content (AvgIpc) is 3.15. The lowest BCUT2D eigenvalue weighted by Gasteiger charge is -2.25. The summed E-state index contributed by atoms with van der Waals surface area (Å²) < 4.78 is 17.3. The fraction of sp³-hybridized carbons (Fsp3) is 0.214. The molecule has 178 valence electrons. The van der Waals surface area contributed by atoms with Crippen LogP contribution in [0.15, 0.2) is 75.9 Å². The van der Waals surface area contributed by atoms with E-state index < -0.39 is 6.04 Å². The zero-order valence-corrected chi connectivity index (χ0v) is 20.2. The van der Waals surface area contributed by atoms with E-state index in [9.17, 15) is 9.59 Å². The third kappa shape index (κ3) is 4.31. The Morgan fingerprint density at radius 3 is 2.60 bits per heavy atom. The van der Waals surface area contributed by atoms with Gasteiger partial charge < -0.3 is 18.8 Å². The standard InChI is InChI=1S/C28H24ClNO5/c1-17-13-23-21(15-22(17)29)26(31)24-25(30(11-12-33-2)28(32)27(24)35-23)19-9-6-10-20(14-19)34-16-18-7-4-3-5-8-18/h3-10,13-15,25H,11-12,16H2,1-2H3. The van der Waals surface area contributed by atoms with Crippen LogP contribution in [0.25, 0.3) is 11.0 Å². The average molecular weight is 490 g/mol. The highest BCUT2D eigenvalue weighted by molar-refractivity contribution is 6.32. The van der Waals surface area contributed by atoms with Crippen LogP contribution in [0.2, 0.25) is 5.02 Å². The van der Waals surface area contributed by atoms with Crippen LogP contribution in [0.4, 0.5) is 0 Å². The Bertz CT molecular complexity index is 1460. The van der Waals surface area contributed by atoms with Gasteiger partial charge in [0, 0.05) is 18.7 Å². The molecule has 35 heavy (non-hydrogen) atoms. The van der Waals surface area contributed by atoms with Gasteiger partial charge in [-0.3, -0.25) is 9.59 Å². The first kappa shape index (κ1) is 23.1. The second kappa shape index (κ2) is 9.56.